The fourth-order valence-corrected chi connectivity index (χ4v) is 2.82. The Labute approximate surface area is 166 Å². The van der Waals surface area contributed by atoms with Crippen molar-refractivity contribution in [2.75, 3.05) is 13.7 Å². The summed E-state index contributed by atoms with van der Waals surface area (Å²) in [5.41, 5.74) is 1.39. The first-order valence-corrected chi connectivity index (χ1v) is 8.93. The summed E-state index contributed by atoms with van der Waals surface area (Å²) < 4.78 is 43.3. The monoisotopic (exact) mass is 402 g/mol. The first-order chi connectivity index (χ1) is 14.0. The number of aromatic nitrogens is 2. The molecule has 0 saturated carbocycles. The molecule has 0 unspecified atom stereocenters. The van der Waals surface area contributed by atoms with Crippen LogP contribution in [0.25, 0.3) is 17.1 Å². The molecule has 0 atom stereocenters. The van der Waals surface area contributed by atoms with E-state index in [9.17, 15) is 13.6 Å². The molecule has 6 nitrogen and oxygen atoms in total. The van der Waals surface area contributed by atoms with Crippen LogP contribution in [0.2, 0.25) is 0 Å². The van der Waals surface area contributed by atoms with Gasteiger partial charge in [0.2, 0.25) is 0 Å². The summed E-state index contributed by atoms with van der Waals surface area (Å²) in [5, 5.41) is 0. The topological polar surface area (TPSA) is 62.6 Å². The second-order valence-electron chi connectivity index (χ2n) is 5.95. The van der Waals surface area contributed by atoms with Crippen LogP contribution in [0.4, 0.5) is 8.78 Å². The second kappa shape index (κ2) is 9.18. The second-order valence-corrected chi connectivity index (χ2v) is 5.95. The lowest BCUT2D eigenvalue weighted by Gasteiger charge is -2.09. The van der Waals surface area contributed by atoms with E-state index in [4.69, 9.17) is 14.2 Å². The number of hydrogen-bond acceptors (Lipinski definition) is 5. The standard InChI is InChI=1S/C21H20F2N2O4/c1-3-28-17-10-8-14(12-18(17)27-2)9-11-20(26)29-13-19-24-15-6-4-5-7-16(15)25(19)21(22)23/h4-12,21H,3,13H2,1-2H3/b11-9+. The molecule has 0 saturated heterocycles. The van der Waals surface area contributed by atoms with Gasteiger partial charge in [-0.25, -0.2) is 9.78 Å². The Morgan fingerprint density at radius 3 is 2.72 bits per heavy atom. The van der Waals surface area contributed by atoms with Crippen molar-refractivity contribution in [2.45, 2.75) is 20.1 Å². The van der Waals surface area contributed by atoms with Crippen molar-refractivity contribution in [1.82, 2.24) is 9.55 Å². The molecule has 2 aromatic carbocycles. The van der Waals surface area contributed by atoms with Gasteiger partial charge >= 0.3 is 12.5 Å². The summed E-state index contributed by atoms with van der Waals surface area (Å²) in [7, 11) is 1.52. The number of para-hydroxylation sites is 2. The van der Waals surface area contributed by atoms with Crippen molar-refractivity contribution in [3.05, 3.63) is 59.9 Å². The van der Waals surface area contributed by atoms with Crippen molar-refractivity contribution < 1.29 is 27.8 Å². The summed E-state index contributed by atoms with van der Waals surface area (Å²) in [4.78, 5) is 16.1. The minimum atomic E-state index is -2.79. The van der Waals surface area contributed by atoms with Gasteiger partial charge in [-0.2, -0.15) is 8.78 Å². The summed E-state index contributed by atoms with van der Waals surface area (Å²) in [6.45, 7) is -0.787. The first-order valence-electron chi connectivity index (χ1n) is 8.93. The van der Waals surface area contributed by atoms with E-state index in [1.165, 1.54) is 19.3 Å². The lowest BCUT2D eigenvalue weighted by Crippen LogP contribution is -2.09. The molecule has 0 spiro atoms. The summed E-state index contributed by atoms with van der Waals surface area (Å²) in [5.74, 6) is 0.435. The Bertz CT molecular complexity index is 1030. The highest BCUT2D eigenvalue weighted by molar-refractivity contribution is 5.87. The third kappa shape index (κ3) is 4.71. The number of benzene rings is 2. The zero-order chi connectivity index (χ0) is 20.8. The van der Waals surface area contributed by atoms with Gasteiger partial charge in [-0.1, -0.05) is 18.2 Å². The number of alkyl halides is 2. The van der Waals surface area contributed by atoms with Crippen LogP contribution in [0.1, 0.15) is 24.9 Å². The van der Waals surface area contributed by atoms with Gasteiger partial charge in [0.15, 0.2) is 17.3 Å². The van der Waals surface area contributed by atoms with Gasteiger partial charge in [0.1, 0.15) is 6.61 Å². The van der Waals surface area contributed by atoms with E-state index >= 15 is 0 Å². The van der Waals surface area contributed by atoms with Crippen molar-refractivity contribution in [3.63, 3.8) is 0 Å². The third-order valence-electron chi connectivity index (χ3n) is 4.11. The van der Waals surface area contributed by atoms with Crippen LogP contribution < -0.4 is 9.47 Å². The molecule has 29 heavy (non-hydrogen) atoms. The average molecular weight is 402 g/mol. The Hall–Kier alpha value is -3.42. The molecule has 3 rings (SSSR count). The van der Waals surface area contributed by atoms with E-state index in [2.05, 4.69) is 4.98 Å². The van der Waals surface area contributed by atoms with Gasteiger partial charge in [-0.05, 0) is 42.8 Å². The highest BCUT2D eigenvalue weighted by Gasteiger charge is 2.18. The van der Waals surface area contributed by atoms with Crippen LogP contribution in [0.3, 0.4) is 0 Å². The number of carbonyl (C=O) groups excluding carboxylic acids is 1. The Balaban J connectivity index is 1.69. The molecular weight excluding hydrogens is 382 g/mol. The number of rotatable bonds is 8. The van der Waals surface area contributed by atoms with Crippen LogP contribution in [0.15, 0.2) is 48.5 Å². The average Bonchev–Trinajstić information content (AvgIpc) is 3.10. The van der Waals surface area contributed by atoms with Crippen LogP contribution >= 0.6 is 0 Å². The minimum absolute atomic E-state index is 0.0225. The SMILES string of the molecule is CCOc1ccc(/C=C/C(=O)OCc2nc3ccccc3n2C(F)F)cc1OC. The van der Waals surface area contributed by atoms with Gasteiger partial charge in [-0.15, -0.1) is 0 Å². The highest BCUT2D eigenvalue weighted by atomic mass is 19.3. The van der Waals surface area contributed by atoms with Gasteiger partial charge in [-0.3, -0.25) is 4.57 Å². The Morgan fingerprint density at radius 1 is 1.21 bits per heavy atom. The summed E-state index contributed by atoms with van der Waals surface area (Å²) in [6.07, 6.45) is 2.75. The number of nitrogens with zero attached hydrogens (tertiary/aromatic N) is 2. The lowest BCUT2D eigenvalue weighted by atomic mass is 10.2. The number of esters is 1. The van der Waals surface area contributed by atoms with Crippen molar-refractivity contribution in [2.24, 2.45) is 0 Å². The number of halogens is 2. The zero-order valence-electron chi connectivity index (χ0n) is 16.0. The molecule has 0 amide bonds. The largest absolute Gasteiger partial charge is 0.493 e. The van der Waals surface area contributed by atoms with Crippen LogP contribution in [-0.2, 0) is 16.1 Å². The molecule has 152 valence electrons. The van der Waals surface area contributed by atoms with Crippen molar-refractivity contribution >= 4 is 23.1 Å². The molecule has 0 aliphatic carbocycles. The fourth-order valence-electron chi connectivity index (χ4n) is 2.82. The van der Waals surface area contributed by atoms with E-state index in [0.717, 1.165) is 4.57 Å². The van der Waals surface area contributed by atoms with E-state index in [0.29, 0.717) is 29.2 Å². The number of hydrogen-bond donors (Lipinski definition) is 0. The zero-order valence-corrected chi connectivity index (χ0v) is 16.0. The van der Waals surface area contributed by atoms with Gasteiger partial charge < -0.3 is 14.2 Å². The smallest absolute Gasteiger partial charge is 0.331 e. The molecule has 0 radical (unpaired) electrons. The third-order valence-corrected chi connectivity index (χ3v) is 4.11. The predicted octanol–water partition coefficient (Wildman–Crippen LogP) is 4.60. The molecular formula is C21H20F2N2O4. The number of fused-ring (bicyclic) bond motifs is 1. The van der Waals surface area contributed by atoms with Crippen LogP contribution in [0.5, 0.6) is 11.5 Å². The molecule has 0 N–H and O–H groups in total. The summed E-state index contributed by atoms with van der Waals surface area (Å²) in [6, 6.07) is 11.7. The number of ether oxygens (including phenoxy) is 3. The molecule has 1 aromatic heterocycles. The van der Waals surface area contributed by atoms with E-state index in [1.807, 2.05) is 6.92 Å². The number of methoxy groups -OCH3 is 1. The number of carbonyl (C=O) groups is 1. The maximum atomic E-state index is 13.4. The molecule has 0 aliphatic heterocycles. The van der Waals surface area contributed by atoms with Crippen LogP contribution in [0, 0.1) is 0 Å². The van der Waals surface area contributed by atoms with Gasteiger partial charge in [0, 0.05) is 6.08 Å². The van der Waals surface area contributed by atoms with Crippen molar-refractivity contribution in [3.8, 4) is 11.5 Å². The van der Waals surface area contributed by atoms with Crippen molar-refractivity contribution in [1.29, 1.82) is 0 Å². The molecule has 8 heteroatoms. The predicted molar refractivity (Wildman–Crippen MR) is 104 cm³/mol. The maximum Gasteiger partial charge on any atom is 0.331 e. The normalized spacial score (nSPS) is 11.3. The van der Waals surface area contributed by atoms with E-state index < -0.39 is 12.5 Å². The quantitative estimate of drug-likeness (QED) is 0.407. The highest BCUT2D eigenvalue weighted by Crippen LogP contribution is 2.28. The van der Waals surface area contributed by atoms with Gasteiger partial charge in [0.05, 0.1) is 24.8 Å². The van der Waals surface area contributed by atoms with Crippen LogP contribution in [-0.4, -0.2) is 29.2 Å². The lowest BCUT2D eigenvalue weighted by molar-refractivity contribution is -0.139. The molecule has 0 bridgehead atoms. The molecule has 1 heterocycles. The van der Waals surface area contributed by atoms with E-state index in [-0.39, 0.29) is 17.9 Å². The number of imidazole rings is 1. The first kappa shape index (κ1) is 20.3. The molecule has 0 fully saturated rings. The molecule has 0 aliphatic rings. The maximum absolute atomic E-state index is 13.4. The molecule has 3 aromatic rings. The van der Waals surface area contributed by atoms with E-state index in [1.54, 1.807) is 42.5 Å². The van der Waals surface area contributed by atoms with Gasteiger partial charge in [0.25, 0.3) is 0 Å². The summed E-state index contributed by atoms with van der Waals surface area (Å²) >= 11 is 0. The Kier molecular flexibility index (Phi) is 6.43. The fraction of sp³-hybridized carbons (Fsp3) is 0.238. The minimum Gasteiger partial charge on any atom is -0.493 e. The Morgan fingerprint density at radius 2 is 2.00 bits per heavy atom.